The lowest BCUT2D eigenvalue weighted by atomic mass is 10.00. The first-order valence-electron chi connectivity index (χ1n) is 10.4. The number of ether oxygens (including phenoxy) is 4. The van der Waals surface area contributed by atoms with E-state index in [1.54, 1.807) is 0 Å². The monoisotopic (exact) mass is 482 g/mol. The third kappa shape index (κ3) is 3.76. The predicted molar refractivity (Wildman–Crippen MR) is 120 cm³/mol. The number of hydrogen-bond donors (Lipinski definition) is 4. The number of aromatic nitrogens is 1. The Balaban J connectivity index is 0.000000218. The number of aliphatic hydroxyl groups is 2. The fourth-order valence-corrected chi connectivity index (χ4v) is 4.18. The zero-order valence-corrected chi connectivity index (χ0v) is 18.3. The van der Waals surface area contributed by atoms with Crippen LogP contribution in [0.15, 0.2) is 42.6 Å². The van der Waals surface area contributed by atoms with Gasteiger partial charge in [0, 0.05) is 5.39 Å². The molecule has 6 rings (SSSR count). The van der Waals surface area contributed by atoms with E-state index in [-0.39, 0.29) is 13.6 Å². The Morgan fingerprint density at radius 3 is 2.06 bits per heavy atom. The Morgan fingerprint density at radius 1 is 0.771 bits per heavy atom. The number of pyridine rings is 1. The van der Waals surface area contributed by atoms with E-state index in [4.69, 9.17) is 39.4 Å². The molecular formula is C24H20NO10+. The highest BCUT2D eigenvalue weighted by Gasteiger charge is 2.29. The average Bonchev–Trinajstić information content (AvgIpc) is 3.50. The van der Waals surface area contributed by atoms with Gasteiger partial charge in [-0.2, -0.15) is 4.57 Å². The molecule has 2 aliphatic heterocycles. The van der Waals surface area contributed by atoms with Gasteiger partial charge in [-0.05, 0) is 35.7 Å². The Labute approximate surface area is 196 Å². The largest absolute Gasteiger partial charge is 0.479 e. The minimum atomic E-state index is -2.27. The molecule has 0 spiro atoms. The summed E-state index contributed by atoms with van der Waals surface area (Å²) in [5, 5.41) is 38.2. The minimum absolute atomic E-state index is 0.275. The van der Waals surface area contributed by atoms with Crippen molar-refractivity contribution in [3.05, 3.63) is 42.6 Å². The second-order valence-corrected chi connectivity index (χ2v) is 7.96. The zero-order valence-electron chi connectivity index (χ0n) is 18.3. The molecule has 0 radical (unpaired) electrons. The second kappa shape index (κ2) is 8.46. The summed E-state index contributed by atoms with van der Waals surface area (Å²) in [7, 11) is 2.06. The number of aryl methyl sites for hydroxylation is 1. The van der Waals surface area contributed by atoms with Gasteiger partial charge in [-0.25, -0.2) is 9.59 Å². The molecule has 0 saturated carbocycles. The highest BCUT2D eigenvalue weighted by Crippen LogP contribution is 2.42. The van der Waals surface area contributed by atoms with E-state index in [9.17, 15) is 9.59 Å². The summed E-state index contributed by atoms with van der Waals surface area (Å²) < 4.78 is 24.4. The predicted octanol–water partition coefficient (Wildman–Crippen LogP) is 1.31. The van der Waals surface area contributed by atoms with Gasteiger partial charge in [-0.3, -0.25) is 0 Å². The maximum Gasteiger partial charge on any atom is 0.335 e. The van der Waals surface area contributed by atoms with E-state index in [1.165, 1.54) is 5.39 Å². The van der Waals surface area contributed by atoms with Crippen LogP contribution in [0.3, 0.4) is 0 Å². The van der Waals surface area contributed by atoms with E-state index < -0.39 is 24.1 Å². The van der Waals surface area contributed by atoms with Crippen LogP contribution in [0.1, 0.15) is 0 Å². The number of rotatable bonds is 3. The van der Waals surface area contributed by atoms with Gasteiger partial charge in [0.25, 0.3) is 0 Å². The summed E-state index contributed by atoms with van der Waals surface area (Å²) in [5.41, 5.74) is 1.15. The van der Waals surface area contributed by atoms with E-state index in [2.05, 4.69) is 42.1 Å². The first-order valence-corrected chi connectivity index (χ1v) is 10.4. The molecule has 1 aromatic heterocycles. The molecule has 0 amide bonds. The SMILES string of the molecule is C[n+]1cc2c3c(ccc2c2ccc4cc5c(cc4c21)OCO5)OCO3.O=C(O)C(O)C(O)C(=O)O. The van der Waals surface area contributed by atoms with Gasteiger partial charge in [0.15, 0.2) is 41.4 Å². The smallest absolute Gasteiger partial charge is 0.335 e. The molecule has 0 saturated heterocycles. The first kappa shape index (κ1) is 22.4. The number of benzene rings is 3. The van der Waals surface area contributed by atoms with Crippen molar-refractivity contribution in [1.29, 1.82) is 0 Å². The minimum Gasteiger partial charge on any atom is -0.479 e. The zero-order chi connectivity index (χ0) is 24.9. The molecule has 180 valence electrons. The number of hydrogen-bond acceptors (Lipinski definition) is 8. The molecule has 2 atom stereocenters. The van der Waals surface area contributed by atoms with Gasteiger partial charge in [0.2, 0.25) is 19.1 Å². The molecule has 0 fully saturated rings. The van der Waals surface area contributed by atoms with Crippen molar-refractivity contribution in [1.82, 2.24) is 0 Å². The normalized spacial score (nSPS) is 15.1. The molecule has 11 nitrogen and oxygen atoms in total. The van der Waals surface area contributed by atoms with Crippen LogP contribution in [-0.4, -0.2) is 58.2 Å². The molecule has 0 bridgehead atoms. The lowest BCUT2D eigenvalue weighted by Crippen LogP contribution is -2.39. The number of aliphatic carboxylic acids is 2. The van der Waals surface area contributed by atoms with Gasteiger partial charge in [-0.1, -0.05) is 6.07 Å². The highest BCUT2D eigenvalue weighted by molar-refractivity contribution is 6.15. The van der Waals surface area contributed by atoms with Crippen LogP contribution in [0.5, 0.6) is 23.0 Å². The fraction of sp³-hybridized carbons (Fsp3) is 0.208. The Hall–Kier alpha value is -4.35. The molecule has 3 heterocycles. The fourth-order valence-electron chi connectivity index (χ4n) is 4.18. The number of carboxylic acid groups (broad SMARTS) is 2. The van der Waals surface area contributed by atoms with Gasteiger partial charge in [0.05, 0.1) is 16.2 Å². The van der Waals surface area contributed by atoms with Crippen molar-refractivity contribution in [3.63, 3.8) is 0 Å². The summed E-state index contributed by atoms with van der Waals surface area (Å²) in [6, 6.07) is 12.5. The maximum absolute atomic E-state index is 9.77. The Kier molecular flexibility index (Phi) is 5.42. The lowest BCUT2D eigenvalue weighted by Gasteiger charge is -2.08. The number of carbonyl (C=O) groups is 2. The van der Waals surface area contributed by atoms with Crippen LogP contribution in [-0.2, 0) is 16.6 Å². The number of aliphatic hydroxyl groups excluding tert-OH is 2. The van der Waals surface area contributed by atoms with Gasteiger partial charge in [-0.15, -0.1) is 0 Å². The van der Waals surface area contributed by atoms with Crippen LogP contribution in [0.4, 0.5) is 0 Å². The van der Waals surface area contributed by atoms with E-state index >= 15 is 0 Å². The Morgan fingerprint density at radius 2 is 1.37 bits per heavy atom. The summed E-state index contributed by atoms with van der Waals surface area (Å²) in [6.45, 7) is 0.555. The summed E-state index contributed by atoms with van der Waals surface area (Å²) >= 11 is 0. The number of fused-ring (bicyclic) bond motifs is 8. The summed E-state index contributed by atoms with van der Waals surface area (Å²) in [4.78, 5) is 19.5. The topological polar surface area (TPSA) is 156 Å². The van der Waals surface area contributed by atoms with Crippen molar-refractivity contribution >= 4 is 44.4 Å². The summed E-state index contributed by atoms with van der Waals surface area (Å²) in [6.07, 6.45) is -2.43. The second-order valence-electron chi connectivity index (χ2n) is 7.96. The molecule has 2 unspecified atom stereocenters. The maximum atomic E-state index is 9.77. The van der Waals surface area contributed by atoms with Crippen molar-refractivity contribution < 1.29 is 53.5 Å². The molecule has 4 N–H and O–H groups in total. The number of carboxylic acids is 2. The van der Waals surface area contributed by atoms with Crippen LogP contribution in [0.2, 0.25) is 0 Å². The van der Waals surface area contributed by atoms with Gasteiger partial charge < -0.3 is 39.4 Å². The Bertz CT molecular complexity index is 1500. The molecule has 3 aromatic carbocycles. The average molecular weight is 482 g/mol. The van der Waals surface area contributed by atoms with E-state index in [0.29, 0.717) is 0 Å². The summed E-state index contributed by atoms with van der Waals surface area (Å²) in [5.74, 6) is -0.314. The highest BCUT2D eigenvalue weighted by atomic mass is 16.7. The van der Waals surface area contributed by atoms with E-state index in [1.807, 2.05) is 12.1 Å². The lowest BCUT2D eigenvalue weighted by molar-refractivity contribution is -0.642. The van der Waals surface area contributed by atoms with Crippen molar-refractivity contribution in [2.24, 2.45) is 7.05 Å². The molecule has 2 aliphatic rings. The van der Waals surface area contributed by atoms with Crippen molar-refractivity contribution in [3.8, 4) is 23.0 Å². The van der Waals surface area contributed by atoms with E-state index in [0.717, 1.165) is 50.1 Å². The molecule has 35 heavy (non-hydrogen) atoms. The third-order valence-corrected chi connectivity index (χ3v) is 5.83. The van der Waals surface area contributed by atoms with Crippen molar-refractivity contribution in [2.75, 3.05) is 13.6 Å². The quantitative estimate of drug-likeness (QED) is 0.248. The third-order valence-electron chi connectivity index (χ3n) is 5.83. The van der Waals surface area contributed by atoms with Crippen LogP contribution >= 0.6 is 0 Å². The molecule has 4 aromatic rings. The molecule has 11 heteroatoms. The first-order chi connectivity index (χ1) is 16.8. The standard InChI is InChI=1S/C20H14NO4.C4H6O6/c1-21-8-15-12(4-5-16-20(15)25-10-22-16)13-3-2-11-6-17-18(24-9-23-17)7-14(11)19(13)21;5-1(3(7)8)2(6)4(9)10/h2-8H,9-10H2,1H3;1-2,5-6H,(H,7,8)(H,9,10)/q+1;. The molecule has 0 aliphatic carbocycles. The van der Waals surface area contributed by atoms with Crippen LogP contribution in [0.25, 0.3) is 32.4 Å². The van der Waals surface area contributed by atoms with Crippen LogP contribution in [0, 0.1) is 0 Å². The van der Waals surface area contributed by atoms with Gasteiger partial charge in [0.1, 0.15) is 7.05 Å². The number of nitrogens with zero attached hydrogens (tertiary/aromatic N) is 1. The van der Waals surface area contributed by atoms with Crippen molar-refractivity contribution in [2.45, 2.75) is 12.2 Å². The van der Waals surface area contributed by atoms with Gasteiger partial charge >= 0.3 is 11.9 Å². The molecular weight excluding hydrogens is 462 g/mol. The van der Waals surface area contributed by atoms with Crippen LogP contribution < -0.4 is 23.5 Å².